The van der Waals surface area contributed by atoms with Crippen molar-refractivity contribution in [2.45, 2.75) is 59.4 Å². The van der Waals surface area contributed by atoms with Gasteiger partial charge in [0, 0.05) is 25.4 Å². The van der Waals surface area contributed by atoms with Crippen LogP contribution in [-0.2, 0) is 9.59 Å². The molecule has 0 heterocycles. The summed E-state index contributed by atoms with van der Waals surface area (Å²) < 4.78 is 0. The smallest absolute Gasteiger partial charge is 0.222 e. The van der Waals surface area contributed by atoms with E-state index in [2.05, 4.69) is 17.6 Å². The molecule has 0 saturated heterocycles. The highest BCUT2D eigenvalue weighted by atomic mass is 16.2. The Kier molecular flexibility index (Phi) is 8.46. The third-order valence-electron chi connectivity index (χ3n) is 2.72. The van der Waals surface area contributed by atoms with E-state index in [1.165, 1.54) is 6.92 Å². The molecule has 2 N–H and O–H groups in total. The molecule has 0 radical (unpaired) electrons. The van der Waals surface area contributed by atoms with Gasteiger partial charge in [0.25, 0.3) is 0 Å². The van der Waals surface area contributed by atoms with E-state index >= 15 is 0 Å². The van der Waals surface area contributed by atoms with Crippen LogP contribution in [-0.4, -0.2) is 24.4 Å². The third kappa shape index (κ3) is 8.72. The van der Waals surface area contributed by atoms with Crippen LogP contribution in [0.1, 0.15) is 53.4 Å². The maximum atomic E-state index is 11.5. The number of amides is 2. The van der Waals surface area contributed by atoms with Crippen molar-refractivity contribution in [3.63, 3.8) is 0 Å². The van der Waals surface area contributed by atoms with Gasteiger partial charge in [0.15, 0.2) is 0 Å². The standard InChI is InChI=1S/C13H26N2O2/c1-5-12(15-13(17)10(2)3)8-6-7-9-14-11(4)16/h10,12H,5-9H2,1-4H3,(H,14,16)(H,15,17)/t12-/m1/s1. The monoisotopic (exact) mass is 242 g/mol. The Morgan fingerprint density at radius 2 is 1.82 bits per heavy atom. The molecule has 0 spiro atoms. The van der Waals surface area contributed by atoms with Crippen molar-refractivity contribution in [1.29, 1.82) is 0 Å². The highest BCUT2D eigenvalue weighted by Gasteiger charge is 2.12. The Morgan fingerprint density at radius 3 is 2.29 bits per heavy atom. The molecule has 0 bridgehead atoms. The molecule has 2 amide bonds. The predicted octanol–water partition coefficient (Wildman–Crippen LogP) is 1.84. The number of hydrogen-bond donors (Lipinski definition) is 2. The summed E-state index contributed by atoms with van der Waals surface area (Å²) in [7, 11) is 0. The molecule has 0 saturated carbocycles. The fourth-order valence-corrected chi connectivity index (χ4v) is 1.53. The summed E-state index contributed by atoms with van der Waals surface area (Å²) in [6.07, 6.45) is 3.93. The van der Waals surface area contributed by atoms with Crippen LogP contribution in [0.25, 0.3) is 0 Å². The number of nitrogens with one attached hydrogen (secondary N) is 2. The fraction of sp³-hybridized carbons (Fsp3) is 0.846. The quantitative estimate of drug-likeness (QED) is 0.638. The van der Waals surface area contributed by atoms with Crippen LogP contribution in [0.5, 0.6) is 0 Å². The van der Waals surface area contributed by atoms with Gasteiger partial charge in [0.2, 0.25) is 11.8 Å². The Hall–Kier alpha value is -1.06. The minimum atomic E-state index is 0.0187. The number of hydrogen-bond acceptors (Lipinski definition) is 2. The average Bonchev–Trinajstić information content (AvgIpc) is 2.26. The third-order valence-corrected chi connectivity index (χ3v) is 2.72. The van der Waals surface area contributed by atoms with E-state index in [1.807, 2.05) is 13.8 Å². The van der Waals surface area contributed by atoms with Gasteiger partial charge in [0.1, 0.15) is 0 Å². The summed E-state index contributed by atoms with van der Waals surface area (Å²) in [5, 5.41) is 5.81. The van der Waals surface area contributed by atoms with Gasteiger partial charge in [-0.05, 0) is 25.7 Å². The van der Waals surface area contributed by atoms with Gasteiger partial charge >= 0.3 is 0 Å². The number of carbonyl (C=O) groups excluding carboxylic acids is 2. The minimum Gasteiger partial charge on any atom is -0.356 e. The van der Waals surface area contributed by atoms with Gasteiger partial charge in [0.05, 0.1) is 0 Å². The number of rotatable bonds is 8. The van der Waals surface area contributed by atoms with Crippen molar-refractivity contribution in [2.75, 3.05) is 6.54 Å². The second kappa shape index (κ2) is 9.02. The Balaban J connectivity index is 3.68. The molecule has 17 heavy (non-hydrogen) atoms. The summed E-state index contributed by atoms with van der Waals surface area (Å²) in [6, 6.07) is 0.266. The Bertz CT molecular complexity index is 240. The molecule has 0 aromatic carbocycles. The molecule has 100 valence electrons. The lowest BCUT2D eigenvalue weighted by molar-refractivity contribution is -0.124. The van der Waals surface area contributed by atoms with Gasteiger partial charge in [-0.25, -0.2) is 0 Å². The van der Waals surface area contributed by atoms with Gasteiger partial charge in [-0.15, -0.1) is 0 Å². The lowest BCUT2D eigenvalue weighted by Gasteiger charge is -2.18. The second-order valence-electron chi connectivity index (χ2n) is 4.75. The van der Waals surface area contributed by atoms with Crippen molar-refractivity contribution >= 4 is 11.8 Å². The molecule has 0 aliphatic heterocycles. The first-order chi connectivity index (χ1) is 7.97. The lowest BCUT2D eigenvalue weighted by atomic mass is 10.1. The summed E-state index contributed by atoms with van der Waals surface area (Å²) in [5.74, 6) is 0.187. The van der Waals surface area contributed by atoms with E-state index in [9.17, 15) is 9.59 Å². The van der Waals surface area contributed by atoms with Crippen molar-refractivity contribution < 1.29 is 9.59 Å². The highest BCUT2D eigenvalue weighted by molar-refractivity contribution is 5.78. The molecule has 0 aliphatic carbocycles. The normalized spacial score (nSPS) is 12.3. The first-order valence-electron chi connectivity index (χ1n) is 6.52. The van der Waals surface area contributed by atoms with Gasteiger partial charge in [-0.3, -0.25) is 9.59 Å². The van der Waals surface area contributed by atoms with Crippen LogP contribution < -0.4 is 10.6 Å². The molecule has 0 rings (SSSR count). The van der Waals surface area contributed by atoms with Crippen molar-refractivity contribution in [3.05, 3.63) is 0 Å². The summed E-state index contributed by atoms with van der Waals surface area (Å²) >= 11 is 0. The van der Waals surface area contributed by atoms with Crippen LogP contribution >= 0.6 is 0 Å². The van der Waals surface area contributed by atoms with E-state index in [4.69, 9.17) is 0 Å². The SMILES string of the molecule is CC[C@H](CCCCNC(C)=O)NC(=O)C(C)C. The maximum absolute atomic E-state index is 11.5. The zero-order valence-electron chi connectivity index (χ0n) is 11.5. The van der Waals surface area contributed by atoms with Crippen molar-refractivity contribution in [3.8, 4) is 0 Å². The van der Waals surface area contributed by atoms with Crippen molar-refractivity contribution in [2.24, 2.45) is 5.92 Å². The predicted molar refractivity (Wildman–Crippen MR) is 69.6 cm³/mol. The molecule has 1 atom stereocenters. The van der Waals surface area contributed by atoms with E-state index in [1.54, 1.807) is 0 Å². The molecule has 0 aliphatic rings. The molecular formula is C13H26N2O2. The van der Waals surface area contributed by atoms with Gasteiger partial charge in [-0.1, -0.05) is 20.8 Å². The molecule has 0 unspecified atom stereocenters. The summed E-state index contributed by atoms with van der Waals surface area (Å²) in [6.45, 7) is 8.14. The van der Waals surface area contributed by atoms with Crippen molar-refractivity contribution in [1.82, 2.24) is 10.6 Å². The highest BCUT2D eigenvalue weighted by Crippen LogP contribution is 2.05. The van der Waals surface area contributed by atoms with Crippen LogP contribution in [0.2, 0.25) is 0 Å². The van der Waals surface area contributed by atoms with E-state index < -0.39 is 0 Å². The number of unbranched alkanes of at least 4 members (excludes halogenated alkanes) is 1. The summed E-state index contributed by atoms with van der Waals surface area (Å²) in [4.78, 5) is 22.2. The second-order valence-corrected chi connectivity index (χ2v) is 4.75. The largest absolute Gasteiger partial charge is 0.356 e. The van der Waals surface area contributed by atoms with E-state index in [0.717, 1.165) is 32.2 Å². The summed E-state index contributed by atoms with van der Waals surface area (Å²) in [5.41, 5.74) is 0. The lowest BCUT2D eigenvalue weighted by Crippen LogP contribution is -2.37. The Labute approximate surface area is 105 Å². The average molecular weight is 242 g/mol. The first kappa shape index (κ1) is 15.9. The molecule has 0 fully saturated rings. The molecule has 4 nitrogen and oxygen atoms in total. The fourth-order valence-electron chi connectivity index (χ4n) is 1.53. The maximum Gasteiger partial charge on any atom is 0.222 e. The van der Waals surface area contributed by atoms with Crippen LogP contribution in [0.4, 0.5) is 0 Å². The molecule has 0 aromatic heterocycles. The molecular weight excluding hydrogens is 216 g/mol. The minimum absolute atomic E-state index is 0.0187. The molecule has 0 aromatic rings. The van der Waals surface area contributed by atoms with Crippen LogP contribution in [0.3, 0.4) is 0 Å². The number of carbonyl (C=O) groups is 2. The Morgan fingerprint density at radius 1 is 1.18 bits per heavy atom. The van der Waals surface area contributed by atoms with E-state index in [0.29, 0.717) is 0 Å². The first-order valence-corrected chi connectivity index (χ1v) is 6.52. The zero-order chi connectivity index (χ0) is 13.3. The van der Waals surface area contributed by atoms with Gasteiger partial charge in [-0.2, -0.15) is 0 Å². The van der Waals surface area contributed by atoms with Gasteiger partial charge < -0.3 is 10.6 Å². The zero-order valence-corrected chi connectivity index (χ0v) is 11.5. The van der Waals surface area contributed by atoms with Crippen LogP contribution in [0.15, 0.2) is 0 Å². The van der Waals surface area contributed by atoms with Crippen LogP contribution in [0, 0.1) is 5.92 Å². The van der Waals surface area contributed by atoms with E-state index in [-0.39, 0.29) is 23.8 Å². The topological polar surface area (TPSA) is 58.2 Å². The molecule has 4 heteroatoms.